The highest BCUT2D eigenvalue weighted by Gasteiger charge is 2.07. The molecule has 0 atom stereocenters. The predicted molar refractivity (Wildman–Crippen MR) is 84.6 cm³/mol. The Morgan fingerprint density at radius 1 is 1.29 bits per heavy atom. The number of nitrogens with two attached hydrogens (primary N) is 1. The minimum atomic E-state index is -0.282. The van der Waals surface area contributed by atoms with Gasteiger partial charge in [-0.1, -0.05) is 18.8 Å². The molecule has 0 aliphatic carbocycles. The standard InChI is InChI=1S/C15H17N3O2S/c1-2-9-17-10-7-14(19)18(15(17)20)11-13-6-5-12(21-13)4-3-8-16/h5-7,10H,2,8-9,11,16H2,1H3. The number of aryl methyl sites for hydroxylation is 1. The molecule has 0 amide bonds. The van der Waals surface area contributed by atoms with Crippen LogP contribution < -0.4 is 17.0 Å². The Morgan fingerprint density at radius 2 is 2.10 bits per heavy atom. The summed E-state index contributed by atoms with van der Waals surface area (Å²) in [4.78, 5) is 25.9. The first kappa shape index (κ1) is 15.3. The van der Waals surface area contributed by atoms with Gasteiger partial charge in [-0.3, -0.25) is 9.36 Å². The van der Waals surface area contributed by atoms with Gasteiger partial charge in [-0.25, -0.2) is 4.79 Å². The third kappa shape index (κ3) is 3.72. The molecule has 2 aromatic rings. The van der Waals surface area contributed by atoms with Crippen LogP contribution in [-0.4, -0.2) is 15.7 Å². The number of aromatic nitrogens is 2. The molecule has 0 saturated heterocycles. The summed E-state index contributed by atoms with van der Waals surface area (Å²) in [6.07, 6.45) is 2.40. The number of nitrogens with zero attached hydrogens (tertiary/aromatic N) is 2. The molecule has 2 aromatic heterocycles. The molecule has 0 fully saturated rings. The summed E-state index contributed by atoms with van der Waals surface area (Å²) in [5.74, 6) is 5.73. The summed E-state index contributed by atoms with van der Waals surface area (Å²) in [6, 6.07) is 5.19. The zero-order valence-electron chi connectivity index (χ0n) is 11.8. The van der Waals surface area contributed by atoms with Crippen molar-refractivity contribution in [3.8, 4) is 11.8 Å². The van der Waals surface area contributed by atoms with Crippen molar-refractivity contribution >= 4 is 11.3 Å². The minimum absolute atomic E-state index is 0.271. The fourth-order valence-electron chi connectivity index (χ4n) is 1.94. The molecule has 0 aromatic carbocycles. The number of thiophene rings is 1. The maximum atomic E-state index is 12.2. The van der Waals surface area contributed by atoms with Gasteiger partial charge in [0.15, 0.2) is 0 Å². The fourth-order valence-corrected chi connectivity index (χ4v) is 2.81. The molecule has 2 N–H and O–H groups in total. The van der Waals surface area contributed by atoms with Crippen LogP contribution in [-0.2, 0) is 13.1 Å². The summed E-state index contributed by atoms with van der Waals surface area (Å²) in [6.45, 7) is 3.19. The molecule has 2 heterocycles. The normalized spacial score (nSPS) is 10.2. The van der Waals surface area contributed by atoms with E-state index in [2.05, 4.69) is 11.8 Å². The average Bonchev–Trinajstić information content (AvgIpc) is 2.92. The van der Waals surface area contributed by atoms with Crippen LogP contribution in [0.15, 0.2) is 34.0 Å². The molecule has 0 radical (unpaired) electrons. The molecule has 5 nitrogen and oxygen atoms in total. The van der Waals surface area contributed by atoms with E-state index >= 15 is 0 Å². The van der Waals surface area contributed by atoms with E-state index < -0.39 is 0 Å². The van der Waals surface area contributed by atoms with Crippen LogP contribution in [0.2, 0.25) is 0 Å². The van der Waals surface area contributed by atoms with Crippen LogP contribution >= 0.6 is 11.3 Å². The molecule has 21 heavy (non-hydrogen) atoms. The lowest BCUT2D eigenvalue weighted by molar-refractivity contribution is 0.573. The highest BCUT2D eigenvalue weighted by atomic mass is 32.1. The maximum absolute atomic E-state index is 12.2. The molecule has 0 unspecified atom stereocenters. The third-order valence-corrected chi connectivity index (χ3v) is 3.88. The van der Waals surface area contributed by atoms with Crippen molar-refractivity contribution in [1.29, 1.82) is 0 Å². The van der Waals surface area contributed by atoms with E-state index in [-0.39, 0.29) is 17.8 Å². The highest BCUT2D eigenvalue weighted by Crippen LogP contribution is 2.15. The lowest BCUT2D eigenvalue weighted by Gasteiger charge is -2.07. The van der Waals surface area contributed by atoms with Gasteiger partial charge in [0.1, 0.15) is 0 Å². The van der Waals surface area contributed by atoms with Crippen LogP contribution in [0.4, 0.5) is 0 Å². The van der Waals surface area contributed by atoms with Crippen LogP contribution in [0.1, 0.15) is 23.1 Å². The summed E-state index contributed by atoms with van der Waals surface area (Å²) in [7, 11) is 0. The first-order chi connectivity index (χ1) is 10.2. The zero-order valence-corrected chi connectivity index (χ0v) is 12.7. The van der Waals surface area contributed by atoms with Gasteiger partial charge in [0.2, 0.25) is 0 Å². The Morgan fingerprint density at radius 3 is 2.81 bits per heavy atom. The van der Waals surface area contributed by atoms with E-state index in [0.29, 0.717) is 13.1 Å². The quantitative estimate of drug-likeness (QED) is 0.851. The van der Waals surface area contributed by atoms with Crippen molar-refractivity contribution in [1.82, 2.24) is 9.13 Å². The molecular weight excluding hydrogens is 286 g/mol. The summed E-state index contributed by atoms with van der Waals surface area (Å²) in [5, 5.41) is 0. The Balaban J connectivity index is 2.31. The van der Waals surface area contributed by atoms with Gasteiger partial charge in [0.25, 0.3) is 5.56 Å². The second-order valence-corrected chi connectivity index (χ2v) is 5.66. The Kier molecular flexibility index (Phi) is 5.14. The molecule has 0 bridgehead atoms. The van der Waals surface area contributed by atoms with Gasteiger partial charge >= 0.3 is 5.69 Å². The van der Waals surface area contributed by atoms with Crippen molar-refractivity contribution in [2.45, 2.75) is 26.4 Å². The van der Waals surface area contributed by atoms with Crippen molar-refractivity contribution in [2.75, 3.05) is 6.54 Å². The lowest BCUT2D eigenvalue weighted by Crippen LogP contribution is -2.39. The highest BCUT2D eigenvalue weighted by molar-refractivity contribution is 7.12. The van der Waals surface area contributed by atoms with Crippen molar-refractivity contribution in [2.24, 2.45) is 5.73 Å². The minimum Gasteiger partial charge on any atom is -0.320 e. The van der Waals surface area contributed by atoms with Crippen LogP contribution in [0.25, 0.3) is 0 Å². The number of rotatable bonds is 4. The van der Waals surface area contributed by atoms with Gasteiger partial charge in [-0.15, -0.1) is 11.3 Å². The van der Waals surface area contributed by atoms with Crippen LogP contribution in [0.3, 0.4) is 0 Å². The van der Waals surface area contributed by atoms with Gasteiger partial charge in [-0.2, -0.15) is 0 Å². The molecule has 6 heteroatoms. The van der Waals surface area contributed by atoms with Gasteiger partial charge < -0.3 is 10.3 Å². The van der Waals surface area contributed by atoms with E-state index in [1.165, 1.54) is 22.0 Å². The monoisotopic (exact) mass is 303 g/mol. The van der Waals surface area contributed by atoms with E-state index in [0.717, 1.165) is 16.2 Å². The van der Waals surface area contributed by atoms with Crippen molar-refractivity contribution in [3.63, 3.8) is 0 Å². The van der Waals surface area contributed by atoms with E-state index in [9.17, 15) is 9.59 Å². The van der Waals surface area contributed by atoms with E-state index in [1.807, 2.05) is 19.1 Å². The van der Waals surface area contributed by atoms with Gasteiger partial charge in [-0.05, 0) is 18.6 Å². The summed E-state index contributed by atoms with van der Waals surface area (Å²) >= 11 is 1.47. The fraction of sp³-hybridized carbons (Fsp3) is 0.333. The SMILES string of the molecule is CCCn1ccc(=O)n(Cc2ccc(C#CCN)s2)c1=O. The van der Waals surface area contributed by atoms with Crippen LogP contribution in [0.5, 0.6) is 0 Å². The zero-order chi connectivity index (χ0) is 15.2. The van der Waals surface area contributed by atoms with Crippen molar-refractivity contribution < 1.29 is 0 Å². The number of hydrogen-bond donors (Lipinski definition) is 1. The first-order valence-electron chi connectivity index (χ1n) is 6.73. The molecular formula is C15H17N3O2S. The Bertz CT molecular complexity index is 789. The second kappa shape index (κ2) is 7.07. The Labute approximate surface area is 126 Å². The largest absolute Gasteiger partial charge is 0.331 e. The molecule has 110 valence electrons. The number of hydrogen-bond acceptors (Lipinski definition) is 4. The van der Waals surface area contributed by atoms with Crippen molar-refractivity contribution in [3.05, 3.63) is 55.0 Å². The van der Waals surface area contributed by atoms with E-state index in [4.69, 9.17) is 5.73 Å². The Hall–Kier alpha value is -2.10. The molecule has 0 saturated carbocycles. The van der Waals surface area contributed by atoms with Crippen LogP contribution in [0, 0.1) is 11.8 Å². The van der Waals surface area contributed by atoms with E-state index in [1.54, 1.807) is 10.8 Å². The second-order valence-electron chi connectivity index (χ2n) is 4.49. The third-order valence-electron chi connectivity index (χ3n) is 2.89. The topological polar surface area (TPSA) is 70.0 Å². The summed E-state index contributed by atoms with van der Waals surface area (Å²) < 4.78 is 2.81. The molecule has 0 aliphatic heterocycles. The lowest BCUT2D eigenvalue weighted by atomic mass is 10.4. The summed E-state index contributed by atoms with van der Waals surface area (Å²) in [5.41, 5.74) is 4.78. The molecule has 2 rings (SSSR count). The van der Waals surface area contributed by atoms with Gasteiger partial charge in [0.05, 0.1) is 18.0 Å². The smallest absolute Gasteiger partial charge is 0.320 e. The molecule has 0 spiro atoms. The molecule has 0 aliphatic rings. The first-order valence-corrected chi connectivity index (χ1v) is 7.55. The predicted octanol–water partition coefficient (Wildman–Crippen LogP) is 0.840. The maximum Gasteiger partial charge on any atom is 0.331 e. The average molecular weight is 303 g/mol. The van der Waals surface area contributed by atoms with Gasteiger partial charge in [0, 0.05) is 23.7 Å².